The molecule has 0 bridgehead atoms. The SMILES string of the molecule is CCNC(=O)C(C)(C)CNC(=NCc1nnc(C)n1C)NCCCN1CCOCC1.I. The number of rotatable bonds is 10. The molecule has 0 spiro atoms. The first-order valence-electron chi connectivity index (χ1n) is 10.8. The molecule has 0 aromatic carbocycles. The van der Waals surface area contributed by atoms with Gasteiger partial charge in [-0.25, -0.2) is 4.99 Å². The van der Waals surface area contributed by atoms with Crippen molar-refractivity contribution in [1.82, 2.24) is 35.6 Å². The lowest BCUT2D eigenvalue weighted by atomic mass is 9.92. The van der Waals surface area contributed by atoms with Crippen molar-refractivity contribution in [2.45, 2.75) is 40.7 Å². The molecule has 1 saturated heterocycles. The predicted molar refractivity (Wildman–Crippen MR) is 133 cm³/mol. The van der Waals surface area contributed by atoms with Crippen LogP contribution in [0.3, 0.4) is 0 Å². The van der Waals surface area contributed by atoms with Crippen molar-refractivity contribution in [2.24, 2.45) is 17.5 Å². The Hall–Kier alpha value is -1.47. The Morgan fingerprint density at radius 1 is 1.19 bits per heavy atom. The van der Waals surface area contributed by atoms with Gasteiger partial charge in [0.15, 0.2) is 11.8 Å². The minimum Gasteiger partial charge on any atom is -0.379 e. The van der Waals surface area contributed by atoms with E-state index in [0.29, 0.717) is 25.6 Å². The fourth-order valence-corrected chi connectivity index (χ4v) is 3.03. The number of halogens is 1. The first-order valence-corrected chi connectivity index (χ1v) is 10.8. The van der Waals surface area contributed by atoms with Crippen LogP contribution in [0.4, 0.5) is 0 Å². The van der Waals surface area contributed by atoms with Gasteiger partial charge in [0.1, 0.15) is 12.4 Å². The summed E-state index contributed by atoms with van der Waals surface area (Å²) < 4.78 is 7.33. The summed E-state index contributed by atoms with van der Waals surface area (Å²) >= 11 is 0. The van der Waals surface area contributed by atoms with Crippen molar-refractivity contribution in [1.29, 1.82) is 0 Å². The summed E-state index contributed by atoms with van der Waals surface area (Å²) in [5.41, 5.74) is -0.548. The molecule has 10 nitrogen and oxygen atoms in total. The van der Waals surface area contributed by atoms with E-state index < -0.39 is 5.41 Å². The minimum atomic E-state index is -0.548. The van der Waals surface area contributed by atoms with Gasteiger partial charge in [-0.05, 0) is 40.7 Å². The van der Waals surface area contributed by atoms with Crippen molar-refractivity contribution in [3.05, 3.63) is 11.6 Å². The van der Waals surface area contributed by atoms with E-state index in [1.807, 2.05) is 39.3 Å². The molecule has 0 unspecified atom stereocenters. The summed E-state index contributed by atoms with van der Waals surface area (Å²) in [6.45, 7) is 14.6. The van der Waals surface area contributed by atoms with E-state index in [1.165, 1.54) is 0 Å². The number of carbonyl (C=O) groups is 1. The lowest BCUT2D eigenvalue weighted by Crippen LogP contribution is -2.48. The van der Waals surface area contributed by atoms with Gasteiger partial charge in [0.25, 0.3) is 0 Å². The van der Waals surface area contributed by atoms with Gasteiger partial charge in [-0.3, -0.25) is 9.69 Å². The van der Waals surface area contributed by atoms with Crippen LogP contribution in [-0.4, -0.2) is 84.0 Å². The molecule has 0 aliphatic carbocycles. The number of hydrogen-bond acceptors (Lipinski definition) is 6. The van der Waals surface area contributed by atoms with Crippen molar-refractivity contribution >= 4 is 35.8 Å². The monoisotopic (exact) mass is 550 g/mol. The van der Waals surface area contributed by atoms with E-state index >= 15 is 0 Å². The standard InChI is InChI=1S/C20H38N8O2.HI/c1-6-21-18(29)20(3,4)15-24-19(23-14-17-26-25-16(2)27(17)5)22-8-7-9-28-10-12-30-13-11-28;/h6-15H2,1-5H3,(H,21,29)(H2,22,23,24);1H. The number of morpholine rings is 1. The second-order valence-electron chi connectivity index (χ2n) is 8.22. The third-order valence-corrected chi connectivity index (χ3v) is 5.26. The van der Waals surface area contributed by atoms with Crippen molar-refractivity contribution < 1.29 is 9.53 Å². The zero-order chi connectivity index (χ0) is 22.0. The fraction of sp³-hybridized carbons (Fsp3) is 0.800. The number of carbonyl (C=O) groups excluding carboxylic acids is 1. The summed E-state index contributed by atoms with van der Waals surface area (Å²) in [4.78, 5) is 19.4. The quantitative estimate of drug-likeness (QED) is 0.170. The van der Waals surface area contributed by atoms with E-state index in [0.717, 1.165) is 57.5 Å². The number of amides is 1. The summed E-state index contributed by atoms with van der Waals surface area (Å²) in [5.74, 6) is 2.35. The van der Waals surface area contributed by atoms with Crippen molar-refractivity contribution in [3.63, 3.8) is 0 Å². The fourth-order valence-electron chi connectivity index (χ4n) is 3.03. The van der Waals surface area contributed by atoms with E-state index in [1.54, 1.807) is 0 Å². The molecule has 0 radical (unpaired) electrons. The van der Waals surface area contributed by atoms with E-state index in [2.05, 4.69) is 36.0 Å². The maximum absolute atomic E-state index is 12.3. The summed E-state index contributed by atoms with van der Waals surface area (Å²) in [6, 6.07) is 0. The minimum absolute atomic E-state index is 0. The summed E-state index contributed by atoms with van der Waals surface area (Å²) in [5, 5.41) is 17.9. The highest BCUT2D eigenvalue weighted by Gasteiger charge is 2.27. The third-order valence-electron chi connectivity index (χ3n) is 5.26. The van der Waals surface area contributed by atoms with Crippen LogP contribution in [0.1, 0.15) is 38.8 Å². The number of aromatic nitrogens is 3. The van der Waals surface area contributed by atoms with E-state index in [-0.39, 0.29) is 29.9 Å². The number of nitrogens with zero attached hydrogens (tertiary/aromatic N) is 5. The van der Waals surface area contributed by atoms with Crippen LogP contribution in [-0.2, 0) is 23.1 Å². The van der Waals surface area contributed by atoms with Gasteiger partial charge < -0.3 is 25.3 Å². The highest BCUT2D eigenvalue weighted by molar-refractivity contribution is 14.0. The largest absolute Gasteiger partial charge is 0.379 e. The van der Waals surface area contributed by atoms with Gasteiger partial charge in [-0.2, -0.15) is 0 Å². The number of nitrogens with one attached hydrogen (secondary N) is 3. The molecule has 1 amide bonds. The molecule has 1 aliphatic heterocycles. The zero-order valence-electron chi connectivity index (χ0n) is 19.5. The molecule has 31 heavy (non-hydrogen) atoms. The van der Waals surface area contributed by atoms with Crippen LogP contribution < -0.4 is 16.0 Å². The van der Waals surface area contributed by atoms with Crippen LogP contribution in [0.2, 0.25) is 0 Å². The van der Waals surface area contributed by atoms with Crippen LogP contribution in [0.15, 0.2) is 4.99 Å². The van der Waals surface area contributed by atoms with Gasteiger partial charge in [0, 0.05) is 39.8 Å². The Labute approximate surface area is 203 Å². The van der Waals surface area contributed by atoms with Gasteiger partial charge in [0.05, 0.1) is 18.6 Å². The summed E-state index contributed by atoms with van der Waals surface area (Å²) in [7, 11) is 1.93. The smallest absolute Gasteiger partial charge is 0.227 e. The normalized spacial score (nSPS) is 15.3. The Kier molecular flexibility index (Phi) is 12.3. The number of hydrogen-bond donors (Lipinski definition) is 3. The molecule has 1 aromatic rings. The molecule has 11 heteroatoms. The number of aryl methyl sites for hydroxylation is 1. The maximum Gasteiger partial charge on any atom is 0.227 e. The maximum atomic E-state index is 12.3. The van der Waals surface area contributed by atoms with Crippen LogP contribution >= 0.6 is 24.0 Å². The molecule has 1 aliphatic rings. The molecule has 3 N–H and O–H groups in total. The highest BCUT2D eigenvalue weighted by Crippen LogP contribution is 2.13. The number of guanidine groups is 1. The number of ether oxygens (including phenoxy) is 1. The summed E-state index contributed by atoms with van der Waals surface area (Å²) in [6.07, 6.45) is 1.00. The molecule has 2 heterocycles. The van der Waals surface area contributed by atoms with Gasteiger partial charge in [0.2, 0.25) is 5.91 Å². The molecule has 0 saturated carbocycles. The van der Waals surface area contributed by atoms with Gasteiger partial charge in [-0.1, -0.05) is 0 Å². The van der Waals surface area contributed by atoms with Gasteiger partial charge in [-0.15, -0.1) is 34.2 Å². The molecular formula is C20H39IN8O2. The Balaban J connectivity index is 0.00000480. The average Bonchev–Trinajstić information content (AvgIpc) is 3.05. The third kappa shape index (κ3) is 9.27. The first-order chi connectivity index (χ1) is 14.3. The highest BCUT2D eigenvalue weighted by atomic mass is 127. The Morgan fingerprint density at radius 2 is 1.90 bits per heavy atom. The Bertz CT molecular complexity index is 701. The van der Waals surface area contributed by atoms with Gasteiger partial charge >= 0.3 is 0 Å². The average molecular weight is 550 g/mol. The lowest BCUT2D eigenvalue weighted by Gasteiger charge is -2.27. The van der Waals surface area contributed by atoms with Crippen molar-refractivity contribution in [2.75, 3.05) is 52.5 Å². The molecule has 0 atom stereocenters. The second kappa shape index (κ2) is 13.8. The topological polar surface area (TPSA) is 109 Å². The lowest BCUT2D eigenvalue weighted by molar-refractivity contribution is -0.128. The first kappa shape index (κ1) is 27.6. The van der Waals surface area contributed by atoms with E-state index in [9.17, 15) is 4.79 Å². The van der Waals surface area contributed by atoms with E-state index in [4.69, 9.17) is 4.74 Å². The molecule has 1 fully saturated rings. The zero-order valence-corrected chi connectivity index (χ0v) is 21.9. The molecule has 1 aromatic heterocycles. The predicted octanol–water partition coefficient (Wildman–Crippen LogP) is 0.661. The number of aliphatic imine (C=N–C) groups is 1. The van der Waals surface area contributed by atoms with Crippen LogP contribution in [0.5, 0.6) is 0 Å². The van der Waals surface area contributed by atoms with Crippen molar-refractivity contribution in [3.8, 4) is 0 Å². The Morgan fingerprint density at radius 3 is 2.52 bits per heavy atom. The van der Waals surface area contributed by atoms with Crippen LogP contribution in [0.25, 0.3) is 0 Å². The van der Waals surface area contributed by atoms with Crippen LogP contribution in [0, 0.1) is 12.3 Å². The molecule has 178 valence electrons. The second-order valence-corrected chi connectivity index (χ2v) is 8.22. The molecule has 2 rings (SSSR count). The molecular weight excluding hydrogens is 511 g/mol.